The normalized spacial score (nSPS) is 45.7. The Balaban J connectivity index is 1.74. The Morgan fingerprint density at radius 3 is 3.00 bits per heavy atom. The lowest BCUT2D eigenvalue weighted by Crippen LogP contribution is -2.18. The lowest BCUT2D eigenvalue weighted by molar-refractivity contribution is 0.199. The second kappa shape index (κ2) is 3.86. The summed E-state index contributed by atoms with van der Waals surface area (Å²) in [4.78, 5) is 0. The van der Waals surface area contributed by atoms with Crippen molar-refractivity contribution in [1.82, 2.24) is 5.32 Å². The highest BCUT2D eigenvalue weighted by atomic mass is 16.5. The molecule has 2 fully saturated rings. The first-order valence-electron chi connectivity index (χ1n) is 6.62. The standard InChI is InChI=1S/C13H17NO/c1-2-4-12(5-3-1)15-13-6-10-8-14-9-11(10)7-13/h1-5,10-11,13-14H,6-9H2/t10-,11+,13-/i6D,10D/t6-,10+,11-,13+/m0/s1. The van der Waals surface area contributed by atoms with E-state index in [1.54, 1.807) is 0 Å². The molecule has 0 unspecified atom stereocenters. The minimum atomic E-state index is -0.653. The molecule has 2 nitrogen and oxygen atoms in total. The molecule has 0 aromatic heterocycles. The molecule has 1 saturated heterocycles. The van der Waals surface area contributed by atoms with Crippen LogP contribution in [0.25, 0.3) is 0 Å². The van der Waals surface area contributed by atoms with Gasteiger partial charge in [-0.3, -0.25) is 0 Å². The van der Waals surface area contributed by atoms with E-state index in [-0.39, 0.29) is 12.0 Å². The molecule has 3 rings (SSSR count). The van der Waals surface area contributed by atoms with Crippen molar-refractivity contribution in [3.8, 4) is 5.75 Å². The average Bonchev–Trinajstić information content (AvgIpc) is 2.80. The minimum Gasteiger partial charge on any atom is -0.490 e. The van der Waals surface area contributed by atoms with Crippen LogP contribution < -0.4 is 10.1 Å². The van der Waals surface area contributed by atoms with Crippen LogP contribution in [0.5, 0.6) is 5.75 Å². The summed E-state index contributed by atoms with van der Waals surface area (Å²) in [5.74, 6) is 0.421. The van der Waals surface area contributed by atoms with Gasteiger partial charge in [0, 0.05) is 2.74 Å². The molecule has 1 heterocycles. The van der Waals surface area contributed by atoms with Gasteiger partial charge in [-0.1, -0.05) is 18.2 Å². The molecule has 0 spiro atoms. The molecule has 1 N–H and O–H groups in total. The molecule has 2 heteroatoms. The van der Waals surface area contributed by atoms with Gasteiger partial charge in [-0.15, -0.1) is 0 Å². The van der Waals surface area contributed by atoms with E-state index in [2.05, 4.69) is 5.32 Å². The van der Waals surface area contributed by atoms with Crippen molar-refractivity contribution in [3.05, 3.63) is 30.3 Å². The zero-order chi connectivity index (χ0) is 11.9. The monoisotopic (exact) mass is 205 g/mol. The van der Waals surface area contributed by atoms with Crippen LogP contribution in [0.1, 0.15) is 15.6 Å². The Hall–Kier alpha value is -1.02. The van der Waals surface area contributed by atoms with Crippen molar-refractivity contribution in [2.24, 2.45) is 11.8 Å². The number of hydrogen-bond donors (Lipinski definition) is 1. The van der Waals surface area contributed by atoms with Gasteiger partial charge in [-0.25, -0.2) is 0 Å². The molecule has 1 aliphatic carbocycles. The second-order valence-electron chi connectivity index (χ2n) is 4.27. The number of para-hydroxylation sites is 1. The number of benzene rings is 1. The van der Waals surface area contributed by atoms with E-state index < -0.39 is 12.3 Å². The predicted molar refractivity (Wildman–Crippen MR) is 59.9 cm³/mol. The van der Waals surface area contributed by atoms with Crippen LogP contribution in [0.3, 0.4) is 0 Å². The lowest BCUT2D eigenvalue weighted by atomic mass is 10.0. The Morgan fingerprint density at radius 1 is 1.33 bits per heavy atom. The van der Waals surface area contributed by atoms with Crippen molar-refractivity contribution >= 4 is 0 Å². The fourth-order valence-corrected chi connectivity index (χ4v) is 2.44. The summed E-state index contributed by atoms with van der Waals surface area (Å²) >= 11 is 0. The van der Waals surface area contributed by atoms with E-state index >= 15 is 0 Å². The molecular weight excluding hydrogens is 186 g/mol. The summed E-state index contributed by atoms with van der Waals surface area (Å²) in [5, 5.41) is 3.22. The fraction of sp³-hybridized carbons (Fsp3) is 0.538. The third kappa shape index (κ3) is 1.86. The van der Waals surface area contributed by atoms with Crippen molar-refractivity contribution in [3.63, 3.8) is 0 Å². The number of nitrogens with one attached hydrogen (secondary N) is 1. The SMILES string of the molecule is [2H][C@@H]1[C@@H](Oc2ccccc2)C[C@H]2CNC[C@]21[2H]. The molecule has 1 saturated carbocycles. The van der Waals surface area contributed by atoms with Crippen LogP contribution in [0.4, 0.5) is 0 Å². The molecule has 15 heavy (non-hydrogen) atoms. The Morgan fingerprint density at radius 2 is 2.20 bits per heavy atom. The summed E-state index contributed by atoms with van der Waals surface area (Å²) < 4.78 is 22.4. The molecule has 1 aliphatic heterocycles. The van der Waals surface area contributed by atoms with E-state index in [9.17, 15) is 0 Å². The second-order valence-corrected chi connectivity index (χ2v) is 4.27. The van der Waals surface area contributed by atoms with Gasteiger partial charge in [0.2, 0.25) is 0 Å². The third-order valence-electron chi connectivity index (χ3n) is 3.19. The Labute approximate surface area is 93.4 Å². The largest absolute Gasteiger partial charge is 0.490 e. The Bertz CT molecular complexity index is 400. The van der Waals surface area contributed by atoms with Gasteiger partial charge in [0.1, 0.15) is 5.75 Å². The van der Waals surface area contributed by atoms with E-state index in [1.165, 1.54) is 0 Å². The highest BCUT2D eigenvalue weighted by Gasteiger charge is 2.38. The molecule has 1 aromatic carbocycles. The van der Waals surface area contributed by atoms with Gasteiger partial charge in [0.05, 0.1) is 6.10 Å². The Kier molecular flexibility index (Phi) is 1.87. The lowest BCUT2D eigenvalue weighted by Gasteiger charge is -2.14. The zero-order valence-electron chi connectivity index (χ0n) is 10.6. The zero-order valence-corrected chi connectivity index (χ0v) is 8.65. The van der Waals surface area contributed by atoms with E-state index in [0.29, 0.717) is 6.54 Å². The van der Waals surface area contributed by atoms with Crippen LogP contribution in [0, 0.1) is 11.8 Å². The maximum atomic E-state index is 8.37. The summed E-state index contributed by atoms with van der Waals surface area (Å²) in [6.45, 7) is 1.48. The van der Waals surface area contributed by atoms with E-state index in [0.717, 1.165) is 18.7 Å². The average molecular weight is 205 g/mol. The van der Waals surface area contributed by atoms with Crippen LogP contribution in [0.2, 0.25) is 0 Å². The molecule has 0 bridgehead atoms. The highest BCUT2D eigenvalue weighted by molar-refractivity contribution is 5.21. The van der Waals surface area contributed by atoms with Gasteiger partial charge >= 0.3 is 0 Å². The van der Waals surface area contributed by atoms with Crippen molar-refractivity contribution < 1.29 is 7.48 Å². The third-order valence-corrected chi connectivity index (χ3v) is 3.19. The summed E-state index contributed by atoms with van der Waals surface area (Å²) in [5.41, 5.74) is 0. The van der Waals surface area contributed by atoms with Crippen molar-refractivity contribution in [1.29, 1.82) is 0 Å². The topological polar surface area (TPSA) is 21.3 Å². The van der Waals surface area contributed by atoms with Gasteiger partial charge < -0.3 is 10.1 Å². The van der Waals surface area contributed by atoms with Crippen LogP contribution in [-0.4, -0.2) is 19.2 Å². The molecule has 0 amide bonds. The molecule has 80 valence electrons. The van der Waals surface area contributed by atoms with Crippen LogP contribution in [0.15, 0.2) is 30.3 Å². The number of fused-ring (bicyclic) bond motifs is 1. The number of ether oxygens (including phenoxy) is 1. The smallest absolute Gasteiger partial charge is 0.119 e. The summed E-state index contributed by atoms with van der Waals surface area (Å²) in [6, 6.07) is 9.64. The first-order chi connectivity index (χ1) is 8.20. The van der Waals surface area contributed by atoms with Crippen molar-refractivity contribution in [2.45, 2.75) is 18.9 Å². The first-order valence-corrected chi connectivity index (χ1v) is 5.55. The maximum Gasteiger partial charge on any atom is 0.119 e. The summed E-state index contributed by atoms with van der Waals surface area (Å²) in [6.07, 6.45) is 0.226. The van der Waals surface area contributed by atoms with Crippen LogP contribution in [-0.2, 0) is 0 Å². The molecule has 4 atom stereocenters. The molecule has 0 radical (unpaired) electrons. The van der Waals surface area contributed by atoms with E-state index in [1.807, 2.05) is 30.3 Å². The minimum absolute atomic E-state index is 0.137. The van der Waals surface area contributed by atoms with Gasteiger partial charge in [0.25, 0.3) is 0 Å². The first kappa shape index (κ1) is 7.29. The molecule has 1 aromatic rings. The maximum absolute atomic E-state index is 8.37. The number of rotatable bonds is 2. The number of hydrogen-bond acceptors (Lipinski definition) is 2. The van der Waals surface area contributed by atoms with Gasteiger partial charge in [0.15, 0.2) is 0 Å². The van der Waals surface area contributed by atoms with Gasteiger partial charge in [-0.2, -0.15) is 0 Å². The fourth-order valence-electron chi connectivity index (χ4n) is 2.44. The molecule has 2 aliphatic rings. The van der Waals surface area contributed by atoms with Crippen LogP contribution >= 0.6 is 0 Å². The highest BCUT2D eigenvalue weighted by Crippen LogP contribution is 2.36. The van der Waals surface area contributed by atoms with Gasteiger partial charge in [-0.05, 0) is 49.9 Å². The van der Waals surface area contributed by atoms with E-state index in [4.69, 9.17) is 7.48 Å². The quantitative estimate of drug-likeness (QED) is 0.798. The predicted octanol–water partition coefficient (Wildman–Crippen LogP) is 2.06. The summed E-state index contributed by atoms with van der Waals surface area (Å²) in [7, 11) is 0. The van der Waals surface area contributed by atoms with Crippen molar-refractivity contribution in [2.75, 3.05) is 13.1 Å². The molecular formula is C13H17NO.